The van der Waals surface area contributed by atoms with Crippen LogP contribution in [0.15, 0.2) is 11.2 Å². The van der Waals surface area contributed by atoms with Crippen LogP contribution in [0.5, 0.6) is 0 Å². The van der Waals surface area contributed by atoms with E-state index in [0.717, 1.165) is 11.4 Å². The van der Waals surface area contributed by atoms with E-state index in [4.69, 9.17) is 10.9 Å². The van der Waals surface area contributed by atoms with Crippen molar-refractivity contribution >= 4 is 5.84 Å². The lowest BCUT2D eigenvalue weighted by Gasteiger charge is -2.12. The lowest BCUT2D eigenvalue weighted by molar-refractivity contribution is 0.315. The van der Waals surface area contributed by atoms with Crippen LogP contribution in [-0.4, -0.2) is 20.8 Å². The molecule has 0 spiro atoms. The highest BCUT2D eigenvalue weighted by atomic mass is 16.4. The predicted molar refractivity (Wildman–Crippen MR) is 54.4 cm³/mol. The number of hydrogen-bond donors (Lipinski definition) is 2. The Morgan fingerprint density at radius 2 is 2.36 bits per heavy atom. The van der Waals surface area contributed by atoms with Crippen molar-refractivity contribution in [3.63, 3.8) is 0 Å². The topological polar surface area (TPSA) is 76.4 Å². The first-order valence-corrected chi connectivity index (χ1v) is 4.53. The molecule has 1 aromatic rings. The number of nitrogens with two attached hydrogens (primary N) is 1. The van der Waals surface area contributed by atoms with Crippen LogP contribution in [0.4, 0.5) is 0 Å². The Morgan fingerprint density at radius 1 is 1.71 bits per heavy atom. The molecule has 5 nitrogen and oxygen atoms in total. The van der Waals surface area contributed by atoms with Crippen molar-refractivity contribution in [2.24, 2.45) is 10.9 Å². The largest absolute Gasteiger partial charge is 0.409 e. The number of nitrogens with zero attached hydrogens (tertiary/aromatic N) is 3. The van der Waals surface area contributed by atoms with Crippen LogP contribution in [-0.2, 0) is 0 Å². The van der Waals surface area contributed by atoms with Gasteiger partial charge in [0.25, 0.3) is 0 Å². The van der Waals surface area contributed by atoms with Crippen molar-refractivity contribution in [1.29, 1.82) is 0 Å². The third-order valence-electron chi connectivity index (χ3n) is 2.10. The van der Waals surface area contributed by atoms with Gasteiger partial charge in [0.1, 0.15) is 5.84 Å². The van der Waals surface area contributed by atoms with E-state index >= 15 is 0 Å². The first-order chi connectivity index (χ1) is 6.54. The summed E-state index contributed by atoms with van der Waals surface area (Å²) in [5.41, 5.74) is 7.49. The van der Waals surface area contributed by atoms with Gasteiger partial charge in [-0.1, -0.05) is 5.16 Å². The van der Waals surface area contributed by atoms with Crippen LogP contribution in [0.2, 0.25) is 0 Å². The lowest BCUT2D eigenvalue weighted by Crippen LogP contribution is -2.19. The molecule has 0 aliphatic carbocycles. The van der Waals surface area contributed by atoms with E-state index < -0.39 is 0 Å². The van der Waals surface area contributed by atoms with Crippen molar-refractivity contribution in [3.8, 4) is 0 Å². The Hall–Kier alpha value is -1.52. The average Bonchev–Trinajstić information content (AvgIpc) is 2.45. The van der Waals surface area contributed by atoms with Crippen LogP contribution >= 0.6 is 0 Å². The monoisotopic (exact) mass is 196 g/mol. The van der Waals surface area contributed by atoms with Gasteiger partial charge in [0, 0.05) is 12.1 Å². The van der Waals surface area contributed by atoms with Crippen molar-refractivity contribution in [2.45, 2.75) is 33.2 Å². The predicted octanol–water partition coefficient (Wildman–Crippen LogP) is 1.20. The molecule has 0 aliphatic heterocycles. The summed E-state index contributed by atoms with van der Waals surface area (Å²) in [6, 6.07) is 2.11. The average molecular weight is 196 g/mol. The van der Waals surface area contributed by atoms with Crippen LogP contribution in [0.1, 0.15) is 30.8 Å². The highest BCUT2D eigenvalue weighted by Gasteiger charge is 2.10. The van der Waals surface area contributed by atoms with E-state index in [1.165, 1.54) is 0 Å². The molecule has 1 atom stereocenters. The molecular formula is C9H16N4O. The number of amidine groups is 1. The van der Waals surface area contributed by atoms with Gasteiger partial charge in [0.2, 0.25) is 0 Å². The zero-order valence-electron chi connectivity index (χ0n) is 8.73. The molecule has 0 aromatic carbocycles. The maximum atomic E-state index is 8.44. The van der Waals surface area contributed by atoms with Crippen molar-refractivity contribution in [2.75, 3.05) is 0 Å². The summed E-state index contributed by atoms with van der Waals surface area (Å²) >= 11 is 0. The molecular weight excluding hydrogens is 180 g/mol. The zero-order chi connectivity index (χ0) is 10.7. The minimum atomic E-state index is 0.111. The number of oxime groups is 1. The molecule has 0 saturated heterocycles. The van der Waals surface area contributed by atoms with E-state index in [-0.39, 0.29) is 11.9 Å². The maximum Gasteiger partial charge on any atom is 0.141 e. The zero-order valence-corrected chi connectivity index (χ0v) is 8.73. The molecule has 5 heteroatoms. The summed E-state index contributed by atoms with van der Waals surface area (Å²) in [4.78, 5) is 0. The summed E-state index contributed by atoms with van der Waals surface area (Å²) in [6.45, 7) is 5.92. The SMILES string of the molecule is Cc1cc(C)n(C(C)CC(N)=NO)n1. The Morgan fingerprint density at radius 3 is 2.79 bits per heavy atom. The van der Waals surface area contributed by atoms with Crippen LogP contribution in [0.25, 0.3) is 0 Å². The Balaban J connectivity index is 2.79. The molecule has 0 amide bonds. The molecule has 0 radical (unpaired) electrons. The molecule has 14 heavy (non-hydrogen) atoms. The molecule has 1 aromatic heterocycles. The first-order valence-electron chi connectivity index (χ1n) is 4.53. The fraction of sp³-hybridized carbons (Fsp3) is 0.556. The first kappa shape index (κ1) is 10.6. The number of aryl methyl sites for hydroxylation is 2. The molecule has 1 heterocycles. The number of rotatable bonds is 3. The summed E-state index contributed by atoms with van der Waals surface area (Å²) in [5, 5.41) is 15.7. The smallest absolute Gasteiger partial charge is 0.141 e. The molecule has 78 valence electrons. The molecule has 1 unspecified atom stereocenters. The minimum Gasteiger partial charge on any atom is -0.409 e. The van der Waals surface area contributed by atoms with Crippen molar-refractivity contribution in [3.05, 3.63) is 17.5 Å². The molecule has 0 bridgehead atoms. The van der Waals surface area contributed by atoms with Gasteiger partial charge >= 0.3 is 0 Å². The summed E-state index contributed by atoms with van der Waals surface area (Å²) in [6.07, 6.45) is 0.498. The summed E-state index contributed by atoms with van der Waals surface area (Å²) in [5.74, 6) is 0.227. The van der Waals surface area contributed by atoms with Gasteiger partial charge in [-0.25, -0.2) is 0 Å². The normalized spacial score (nSPS) is 14.4. The van der Waals surface area contributed by atoms with Gasteiger partial charge in [0.15, 0.2) is 0 Å². The third kappa shape index (κ3) is 2.25. The highest BCUT2D eigenvalue weighted by molar-refractivity contribution is 5.79. The quantitative estimate of drug-likeness (QED) is 0.330. The molecule has 0 aliphatic rings. The van der Waals surface area contributed by atoms with Crippen molar-refractivity contribution < 1.29 is 5.21 Å². The Kier molecular flexibility index (Phi) is 3.11. The minimum absolute atomic E-state index is 0.111. The third-order valence-corrected chi connectivity index (χ3v) is 2.10. The lowest BCUT2D eigenvalue weighted by atomic mass is 10.2. The van der Waals surface area contributed by atoms with Gasteiger partial charge < -0.3 is 10.9 Å². The second-order valence-corrected chi connectivity index (χ2v) is 3.52. The van der Waals surface area contributed by atoms with Gasteiger partial charge in [0.05, 0.1) is 11.7 Å². The van der Waals surface area contributed by atoms with Crippen LogP contribution < -0.4 is 5.73 Å². The van der Waals surface area contributed by atoms with E-state index in [2.05, 4.69) is 10.3 Å². The van der Waals surface area contributed by atoms with Crippen LogP contribution in [0, 0.1) is 13.8 Å². The highest BCUT2D eigenvalue weighted by Crippen LogP contribution is 2.13. The number of hydrogen-bond acceptors (Lipinski definition) is 3. The van der Waals surface area contributed by atoms with Gasteiger partial charge in [-0.2, -0.15) is 5.10 Å². The van der Waals surface area contributed by atoms with E-state index in [0.29, 0.717) is 6.42 Å². The molecule has 0 fully saturated rings. The molecule has 0 saturated carbocycles. The van der Waals surface area contributed by atoms with Gasteiger partial charge in [-0.15, -0.1) is 0 Å². The maximum absolute atomic E-state index is 8.44. The van der Waals surface area contributed by atoms with Crippen LogP contribution in [0.3, 0.4) is 0 Å². The van der Waals surface area contributed by atoms with E-state index in [9.17, 15) is 0 Å². The summed E-state index contributed by atoms with van der Waals surface area (Å²) < 4.78 is 1.88. The van der Waals surface area contributed by atoms with E-state index in [1.54, 1.807) is 0 Å². The molecule has 3 N–H and O–H groups in total. The van der Waals surface area contributed by atoms with E-state index in [1.807, 2.05) is 31.5 Å². The van der Waals surface area contributed by atoms with Crippen molar-refractivity contribution in [1.82, 2.24) is 9.78 Å². The fourth-order valence-corrected chi connectivity index (χ4v) is 1.52. The molecule has 1 rings (SSSR count). The second-order valence-electron chi connectivity index (χ2n) is 3.52. The summed E-state index contributed by atoms with van der Waals surface area (Å²) in [7, 11) is 0. The standard InChI is InChI=1S/C9H16N4O/c1-6-4-7(2)13(11-6)8(3)5-9(10)12-14/h4,8,14H,5H2,1-3H3,(H2,10,12). The Labute approximate surface area is 83.2 Å². The van der Waals surface area contributed by atoms with Gasteiger partial charge in [-0.3, -0.25) is 4.68 Å². The van der Waals surface area contributed by atoms with Gasteiger partial charge in [-0.05, 0) is 26.8 Å². The fourth-order valence-electron chi connectivity index (χ4n) is 1.52. The second kappa shape index (κ2) is 4.13. The number of aromatic nitrogens is 2. The Bertz CT molecular complexity index is 343.